The van der Waals surface area contributed by atoms with Gasteiger partial charge in [-0.3, -0.25) is 5.10 Å². The van der Waals surface area contributed by atoms with Gasteiger partial charge >= 0.3 is 0 Å². The Morgan fingerprint density at radius 1 is 1.41 bits per heavy atom. The Hall–Kier alpha value is -0.550. The van der Waals surface area contributed by atoms with Gasteiger partial charge in [0.1, 0.15) is 5.82 Å². The van der Waals surface area contributed by atoms with E-state index in [4.69, 9.17) is 0 Å². The molecule has 17 heavy (non-hydrogen) atoms. The number of aryl methyl sites for hydroxylation is 1. The molecule has 0 spiro atoms. The van der Waals surface area contributed by atoms with E-state index in [0.29, 0.717) is 6.04 Å². The molecule has 1 heterocycles. The average molecular weight is 256 g/mol. The predicted molar refractivity (Wildman–Crippen MR) is 73.5 cm³/mol. The molecule has 0 radical (unpaired) electrons. The Labute approximate surface area is 108 Å². The third-order valence-electron chi connectivity index (χ3n) is 2.68. The van der Waals surface area contributed by atoms with Crippen molar-refractivity contribution < 1.29 is 0 Å². The SMILES string of the molecule is CCCNC(CC)CCCSc1n[nH]c(C)n1. The largest absolute Gasteiger partial charge is 0.314 e. The minimum Gasteiger partial charge on any atom is -0.314 e. The Morgan fingerprint density at radius 3 is 2.82 bits per heavy atom. The van der Waals surface area contributed by atoms with Crippen LogP contribution in [-0.4, -0.2) is 33.5 Å². The first-order valence-electron chi connectivity index (χ1n) is 6.51. The number of nitrogens with zero attached hydrogens (tertiary/aromatic N) is 2. The molecule has 0 aliphatic carbocycles. The fraction of sp³-hybridized carbons (Fsp3) is 0.833. The molecular formula is C12H24N4S. The summed E-state index contributed by atoms with van der Waals surface area (Å²) in [6.07, 6.45) is 4.88. The van der Waals surface area contributed by atoms with Crippen molar-refractivity contribution >= 4 is 11.8 Å². The van der Waals surface area contributed by atoms with Gasteiger partial charge in [0.15, 0.2) is 0 Å². The third kappa shape index (κ3) is 6.07. The van der Waals surface area contributed by atoms with Gasteiger partial charge in [0.2, 0.25) is 5.16 Å². The van der Waals surface area contributed by atoms with E-state index >= 15 is 0 Å². The van der Waals surface area contributed by atoms with Crippen LogP contribution in [0, 0.1) is 6.92 Å². The molecule has 0 saturated heterocycles. The van der Waals surface area contributed by atoms with Crippen LogP contribution in [0.5, 0.6) is 0 Å². The van der Waals surface area contributed by atoms with Gasteiger partial charge in [-0.25, -0.2) is 4.98 Å². The molecule has 1 atom stereocenters. The lowest BCUT2D eigenvalue weighted by Crippen LogP contribution is -2.29. The van der Waals surface area contributed by atoms with Gasteiger partial charge in [-0.1, -0.05) is 25.6 Å². The van der Waals surface area contributed by atoms with Gasteiger partial charge in [0.25, 0.3) is 0 Å². The Bertz CT molecular complexity index is 300. The van der Waals surface area contributed by atoms with Crippen molar-refractivity contribution in [1.29, 1.82) is 0 Å². The number of nitrogens with one attached hydrogen (secondary N) is 2. The number of H-pyrrole nitrogens is 1. The van der Waals surface area contributed by atoms with Crippen LogP contribution in [0.4, 0.5) is 0 Å². The molecule has 98 valence electrons. The molecule has 1 aromatic rings. The summed E-state index contributed by atoms with van der Waals surface area (Å²) in [5.41, 5.74) is 0. The fourth-order valence-electron chi connectivity index (χ4n) is 1.68. The maximum atomic E-state index is 4.28. The molecule has 0 amide bonds. The predicted octanol–water partition coefficient (Wildman–Crippen LogP) is 2.76. The van der Waals surface area contributed by atoms with E-state index in [1.54, 1.807) is 11.8 Å². The van der Waals surface area contributed by atoms with Crippen molar-refractivity contribution in [2.45, 2.75) is 57.7 Å². The number of aromatic nitrogens is 3. The quantitative estimate of drug-likeness (QED) is 0.527. The van der Waals surface area contributed by atoms with Crippen molar-refractivity contribution in [3.8, 4) is 0 Å². The molecular weight excluding hydrogens is 232 g/mol. The lowest BCUT2D eigenvalue weighted by molar-refractivity contribution is 0.465. The fourth-order valence-corrected chi connectivity index (χ4v) is 2.48. The molecule has 0 aliphatic heterocycles. The lowest BCUT2D eigenvalue weighted by Gasteiger charge is -2.15. The second kappa shape index (κ2) is 8.53. The topological polar surface area (TPSA) is 53.6 Å². The minimum absolute atomic E-state index is 0.671. The molecule has 1 rings (SSSR count). The summed E-state index contributed by atoms with van der Waals surface area (Å²) in [6, 6.07) is 0.671. The van der Waals surface area contributed by atoms with Crippen LogP contribution in [-0.2, 0) is 0 Å². The molecule has 0 fully saturated rings. The number of thioether (sulfide) groups is 1. The highest BCUT2D eigenvalue weighted by Gasteiger charge is 2.05. The molecule has 1 unspecified atom stereocenters. The summed E-state index contributed by atoms with van der Waals surface area (Å²) in [4.78, 5) is 4.28. The summed E-state index contributed by atoms with van der Waals surface area (Å²) in [7, 11) is 0. The highest BCUT2D eigenvalue weighted by Crippen LogP contribution is 2.15. The standard InChI is InChI=1S/C12H24N4S/c1-4-8-13-11(5-2)7-6-9-17-12-14-10(3)15-16-12/h11,13H,4-9H2,1-3H3,(H,14,15,16). The number of hydrogen-bond donors (Lipinski definition) is 2. The molecule has 0 saturated carbocycles. The zero-order chi connectivity index (χ0) is 12.5. The normalized spacial score (nSPS) is 12.9. The van der Waals surface area contributed by atoms with Gasteiger partial charge in [0, 0.05) is 11.8 Å². The second-order valence-corrected chi connectivity index (χ2v) is 5.32. The zero-order valence-corrected chi connectivity index (χ0v) is 11.9. The van der Waals surface area contributed by atoms with E-state index < -0.39 is 0 Å². The molecule has 2 N–H and O–H groups in total. The first-order valence-corrected chi connectivity index (χ1v) is 7.50. The molecule has 0 aliphatic rings. The first-order chi connectivity index (χ1) is 8.26. The van der Waals surface area contributed by atoms with Gasteiger partial charge in [-0.15, -0.1) is 5.10 Å². The summed E-state index contributed by atoms with van der Waals surface area (Å²) < 4.78 is 0. The van der Waals surface area contributed by atoms with Gasteiger partial charge in [-0.05, 0) is 39.2 Å². The van der Waals surface area contributed by atoms with Crippen LogP contribution >= 0.6 is 11.8 Å². The maximum absolute atomic E-state index is 4.28. The first kappa shape index (κ1) is 14.5. The van der Waals surface area contributed by atoms with Crippen molar-refractivity contribution in [3.63, 3.8) is 0 Å². The molecule has 4 nitrogen and oxygen atoms in total. The van der Waals surface area contributed by atoms with E-state index in [1.165, 1.54) is 25.7 Å². The van der Waals surface area contributed by atoms with Crippen LogP contribution in [0.1, 0.15) is 45.4 Å². The van der Waals surface area contributed by atoms with Crippen molar-refractivity contribution in [3.05, 3.63) is 5.82 Å². The molecule has 1 aromatic heterocycles. The highest BCUT2D eigenvalue weighted by atomic mass is 32.2. The van der Waals surface area contributed by atoms with E-state index in [-0.39, 0.29) is 0 Å². The average Bonchev–Trinajstić information content (AvgIpc) is 2.74. The Kier molecular flexibility index (Phi) is 7.28. The monoisotopic (exact) mass is 256 g/mol. The number of hydrogen-bond acceptors (Lipinski definition) is 4. The van der Waals surface area contributed by atoms with E-state index in [0.717, 1.165) is 23.3 Å². The van der Waals surface area contributed by atoms with E-state index in [2.05, 4.69) is 34.3 Å². The summed E-state index contributed by atoms with van der Waals surface area (Å²) in [6.45, 7) is 7.52. The summed E-state index contributed by atoms with van der Waals surface area (Å²) in [5.74, 6) is 1.99. The third-order valence-corrected chi connectivity index (χ3v) is 3.61. The van der Waals surface area contributed by atoms with Crippen LogP contribution in [0.2, 0.25) is 0 Å². The molecule has 0 bridgehead atoms. The summed E-state index contributed by atoms with van der Waals surface area (Å²) in [5, 5.41) is 11.4. The lowest BCUT2D eigenvalue weighted by atomic mass is 10.1. The van der Waals surface area contributed by atoms with Crippen molar-refractivity contribution in [2.24, 2.45) is 0 Å². The van der Waals surface area contributed by atoms with Crippen LogP contribution in [0.15, 0.2) is 5.16 Å². The highest BCUT2D eigenvalue weighted by molar-refractivity contribution is 7.99. The van der Waals surface area contributed by atoms with Gasteiger partial charge in [-0.2, -0.15) is 0 Å². The van der Waals surface area contributed by atoms with Crippen LogP contribution < -0.4 is 5.32 Å². The van der Waals surface area contributed by atoms with Crippen molar-refractivity contribution in [1.82, 2.24) is 20.5 Å². The van der Waals surface area contributed by atoms with Gasteiger partial charge < -0.3 is 5.32 Å². The Morgan fingerprint density at radius 2 is 2.24 bits per heavy atom. The van der Waals surface area contributed by atoms with E-state index in [9.17, 15) is 0 Å². The molecule has 5 heteroatoms. The van der Waals surface area contributed by atoms with Crippen molar-refractivity contribution in [2.75, 3.05) is 12.3 Å². The maximum Gasteiger partial charge on any atom is 0.208 e. The smallest absolute Gasteiger partial charge is 0.208 e. The zero-order valence-electron chi connectivity index (χ0n) is 11.1. The van der Waals surface area contributed by atoms with Crippen LogP contribution in [0.25, 0.3) is 0 Å². The molecule has 0 aromatic carbocycles. The van der Waals surface area contributed by atoms with Crippen LogP contribution in [0.3, 0.4) is 0 Å². The Balaban J connectivity index is 2.09. The number of rotatable bonds is 9. The summed E-state index contributed by atoms with van der Waals surface area (Å²) >= 11 is 1.74. The second-order valence-electron chi connectivity index (χ2n) is 4.25. The number of aromatic amines is 1. The van der Waals surface area contributed by atoms with Gasteiger partial charge in [0.05, 0.1) is 0 Å². The van der Waals surface area contributed by atoms with E-state index in [1.807, 2.05) is 6.92 Å². The minimum atomic E-state index is 0.671.